The monoisotopic (exact) mass is 330 g/mol. The molecule has 24 heavy (non-hydrogen) atoms. The van der Waals surface area contributed by atoms with Gasteiger partial charge in [-0.05, 0) is 37.7 Å². The average Bonchev–Trinajstić information content (AvgIpc) is 2.94. The highest BCUT2D eigenvalue weighted by Gasteiger charge is 2.55. The maximum atomic E-state index is 12.9. The maximum absolute atomic E-state index is 12.9. The molecule has 1 heterocycles. The molecule has 1 aromatic heterocycles. The van der Waals surface area contributed by atoms with Crippen LogP contribution < -0.4 is 0 Å². The number of fused-ring (bicyclic) bond motifs is 2. The Morgan fingerprint density at radius 3 is 2.88 bits per heavy atom. The summed E-state index contributed by atoms with van der Waals surface area (Å²) < 4.78 is 11.6. The number of hydrogen-bond acceptors (Lipinski definition) is 4. The molecule has 4 atom stereocenters. The van der Waals surface area contributed by atoms with Crippen LogP contribution in [0.4, 0.5) is 0 Å². The summed E-state index contributed by atoms with van der Waals surface area (Å²) in [7, 11) is 0. The Labute approximate surface area is 143 Å². The van der Waals surface area contributed by atoms with Crippen LogP contribution >= 0.6 is 0 Å². The molecule has 2 aliphatic rings. The first-order chi connectivity index (χ1) is 11.3. The molecule has 0 saturated heterocycles. The second-order valence-corrected chi connectivity index (χ2v) is 7.50. The van der Waals surface area contributed by atoms with Crippen molar-refractivity contribution >= 4 is 11.8 Å². The van der Waals surface area contributed by atoms with Crippen LogP contribution in [0.5, 0.6) is 0 Å². The third-order valence-corrected chi connectivity index (χ3v) is 6.08. The predicted octanol–water partition coefficient (Wildman–Crippen LogP) is 4.78. The first-order valence-electron chi connectivity index (χ1n) is 8.86. The summed E-state index contributed by atoms with van der Waals surface area (Å²) in [6, 6.07) is 0. The van der Waals surface area contributed by atoms with E-state index in [1.54, 1.807) is 6.26 Å². The fourth-order valence-corrected chi connectivity index (χ4v) is 3.96. The second-order valence-electron chi connectivity index (χ2n) is 7.50. The van der Waals surface area contributed by atoms with Gasteiger partial charge in [-0.2, -0.15) is 0 Å². The van der Waals surface area contributed by atoms with Crippen LogP contribution in [0.2, 0.25) is 0 Å². The Morgan fingerprint density at radius 1 is 1.50 bits per heavy atom. The van der Waals surface area contributed by atoms with Crippen LogP contribution in [0.1, 0.15) is 74.7 Å². The number of ketones is 1. The van der Waals surface area contributed by atoms with Gasteiger partial charge in [0.15, 0.2) is 5.76 Å². The Hall–Kier alpha value is -1.84. The van der Waals surface area contributed by atoms with E-state index in [1.807, 2.05) is 26.8 Å². The van der Waals surface area contributed by atoms with Gasteiger partial charge in [0.05, 0.1) is 12.2 Å². The van der Waals surface area contributed by atoms with Gasteiger partial charge in [0.25, 0.3) is 0 Å². The van der Waals surface area contributed by atoms with Crippen LogP contribution in [0, 0.1) is 24.2 Å². The maximum Gasteiger partial charge on any atom is 0.309 e. The minimum Gasteiger partial charge on any atom is -0.460 e. The predicted molar refractivity (Wildman–Crippen MR) is 90.7 cm³/mol. The van der Waals surface area contributed by atoms with Crippen LogP contribution in [0.15, 0.2) is 22.3 Å². The normalized spacial score (nSPS) is 30.2. The number of carbonyl (C=O) groups excluding carboxylic acids is 2. The van der Waals surface area contributed by atoms with Crippen molar-refractivity contribution in [2.45, 2.75) is 60.0 Å². The third-order valence-electron chi connectivity index (χ3n) is 6.08. The quantitative estimate of drug-likeness (QED) is 0.749. The zero-order chi connectivity index (χ0) is 17.6. The van der Waals surface area contributed by atoms with Gasteiger partial charge in [0.2, 0.25) is 5.78 Å². The summed E-state index contributed by atoms with van der Waals surface area (Å²) in [5.41, 5.74) is 1.87. The molecule has 0 aromatic carbocycles. The minimum absolute atomic E-state index is 0.0528. The van der Waals surface area contributed by atoms with E-state index in [0.717, 1.165) is 36.0 Å². The number of hydrogen-bond donors (Lipinski definition) is 0. The summed E-state index contributed by atoms with van der Waals surface area (Å²) in [6.45, 7) is 9.96. The van der Waals surface area contributed by atoms with Crippen LogP contribution in [-0.4, -0.2) is 11.8 Å². The summed E-state index contributed by atoms with van der Waals surface area (Å²) in [5, 5.41) is 0. The van der Waals surface area contributed by atoms with E-state index in [-0.39, 0.29) is 23.6 Å². The minimum atomic E-state index is -0.500. The van der Waals surface area contributed by atoms with Crippen molar-refractivity contribution in [1.29, 1.82) is 0 Å². The molecule has 0 amide bonds. The molecule has 0 aliphatic heterocycles. The van der Waals surface area contributed by atoms with Gasteiger partial charge < -0.3 is 9.15 Å². The number of aryl methyl sites for hydroxylation is 1. The molecule has 0 bridgehead atoms. The molecule has 3 rings (SSSR count). The van der Waals surface area contributed by atoms with Crippen molar-refractivity contribution < 1.29 is 18.7 Å². The highest BCUT2D eigenvalue weighted by Crippen LogP contribution is 2.57. The number of rotatable bonds is 3. The summed E-state index contributed by atoms with van der Waals surface area (Å²) in [4.78, 5) is 25.5. The van der Waals surface area contributed by atoms with E-state index < -0.39 is 11.5 Å². The van der Waals surface area contributed by atoms with E-state index in [2.05, 4.69) is 13.8 Å². The molecular formula is C20H26O4. The molecule has 2 aliphatic carbocycles. The fourth-order valence-electron chi connectivity index (χ4n) is 3.96. The topological polar surface area (TPSA) is 56.5 Å². The van der Waals surface area contributed by atoms with E-state index in [9.17, 15) is 9.59 Å². The number of ether oxygens (including phenoxy) is 1. The smallest absolute Gasteiger partial charge is 0.309 e. The molecule has 130 valence electrons. The van der Waals surface area contributed by atoms with Gasteiger partial charge in [-0.15, -0.1) is 0 Å². The van der Waals surface area contributed by atoms with Crippen molar-refractivity contribution in [3.8, 4) is 0 Å². The zero-order valence-electron chi connectivity index (χ0n) is 15.1. The summed E-state index contributed by atoms with van der Waals surface area (Å²) >= 11 is 0. The lowest BCUT2D eigenvalue weighted by atomic mass is 9.58. The first kappa shape index (κ1) is 17.0. The lowest BCUT2D eigenvalue weighted by molar-refractivity contribution is -0.162. The molecule has 0 saturated carbocycles. The van der Waals surface area contributed by atoms with Gasteiger partial charge in [-0.1, -0.05) is 33.8 Å². The third kappa shape index (κ3) is 2.27. The van der Waals surface area contributed by atoms with Crippen molar-refractivity contribution in [2.75, 3.05) is 0 Å². The Bertz CT molecular complexity index is 711. The second kappa shape index (κ2) is 5.91. The highest BCUT2D eigenvalue weighted by molar-refractivity contribution is 6.10. The number of carbonyl (C=O) groups is 2. The molecule has 0 spiro atoms. The van der Waals surface area contributed by atoms with Crippen LogP contribution in [0.3, 0.4) is 0 Å². The van der Waals surface area contributed by atoms with Crippen molar-refractivity contribution in [3.63, 3.8) is 0 Å². The average molecular weight is 330 g/mol. The first-order valence-corrected chi connectivity index (χ1v) is 8.86. The van der Waals surface area contributed by atoms with E-state index >= 15 is 0 Å². The van der Waals surface area contributed by atoms with Gasteiger partial charge >= 0.3 is 5.97 Å². The fraction of sp³-hybridized carbons (Fsp3) is 0.600. The Balaban J connectivity index is 2.15. The van der Waals surface area contributed by atoms with Gasteiger partial charge in [-0.25, -0.2) is 0 Å². The summed E-state index contributed by atoms with van der Waals surface area (Å²) in [6.07, 6.45) is 5.73. The lowest BCUT2D eigenvalue weighted by Gasteiger charge is -2.47. The van der Waals surface area contributed by atoms with Crippen LogP contribution in [-0.2, 0) is 9.53 Å². The molecule has 4 nitrogen and oxygen atoms in total. The van der Waals surface area contributed by atoms with Gasteiger partial charge in [-0.3, -0.25) is 9.59 Å². The molecule has 0 fully saturated rings. The van der Waals surface area contributed by atoms with Gasteiger partial charge in [0, 0.05) is 16.6 Å². The highest BCUT2D eigenvalue weighted by atomic mass is 16.5. The summed E-state index contributed by atoms with van der Waals surface area (Å²) in [5.74, 6) is 0.170. The van der Waals surface area contributed by atoms with Crippen LogP contribution in [0.25, 0.3) is 0 Å². The standard InChI is InChI=1S/C20H26O4/c1-6-11(2)19(22)24-18-15-12(3)10-23-17(15)16(21)14-9-7-8-13(4)20(14,18)5/h9-11,13,18H,6-8H2,1-5H3/t11?,13-,18+,20+/m0/s1. The Kier molecular flexibility index (Phi) is 4.18. The molecule has 0 N–H and O–H groups in total. The number of allylic oxidation sites excluding steroid dienone is 1. The van der Waals surface area contributed by atoms with E-state index in [4.69, 9.17) is 9.15 Å². The van der Waals surface area contributed by atoms with Crippen molar-refractivity contribution in [3.05, 3.63) is 34.8 Å². The SMILES string of the molecule is CCC(C)C(=O)O[C@@H]1c2c(C)coc2C(=O)C2=CCC[C@H](C)[C@]21C. The molecule has 4 heteroatoms. The molecule has 1 unspecified atom stereocenters. The largest absolute Gasteiger partial charge is 0.460 e. The number of Topliss-reactive ketones (excluding diaryl/α,β-unsaturated/α-hetero) is 1. The zero-order valence-corrected chi connectivity index (χ0v) is 15.1. The van der Waals surface area contributed by atoms with E-state index in [1.165, 1.54) is 0 Å². The number of esters is 1. The number of furan rings is 1. The molecule has 1 aromatic rings. The Morgan fingerprint density at radius 2 is 2.21 bits per heavy atom. The molecule has 0 radical (unpaired) electrons. The lowest BCUT2D eigenvalue weighted by Crippen LogP contribution is -2.45. The van der Waals surface area contributed by atoms with Crippen molar-refractivity contribution in [1.82, 2.24) is 0 Å². The van der Waals surface area contributed by atoms with E-state index in [0.29, 0.717) is 5.76 Å². The van der Waals surface area contributed by atoms with Gasteiger partial charge in [0.1, 0.15) is 6.10 Å². The van der Waals surface area contributed by atoms with Crippen molar-refractivity contribution in [2.24, 2.45) is 17.3 Å². The molecular weight excluding hydrogens is 304 g/mol.